The van der Waals surface area contributed by atoms with Crippen LogP contribution in [0.15, 0.2) is 30.3 Å². The zero-order valence-corrected chi connectivity index (χ0v) is 8.93. The number of benzene rings is 1. The third-order valence-corrected chi connectivity index (χ3v) is 2.28. The lowest BCUT2D eigenvalue weighted by Crippen LogP contribution is -2.35. The Labute approximate surface area is 94.1 Å². The monoisotopic (exact) mass is 222 g/mol. The van der Waals surface area contributed by atoms with E-state index in [1.807, 2.05) is 30.3 Å². The number of ether oxygens (including phenoxy) is 3. The highest BCUT2D eigenvalue weighted by Gasteiger charge is 2.20. The molecule has 2 rings (SSSR count). The highest BCUT2D eigenvalue weighted by molar-refractivity contribution is 5.71. The van der Waals surface area contributed by atoms with E-state index < -0.39 is 0 Å². The molecular weight excluding hydrogens is 208 g/mol. The number of rotatable bonds is 4. The Balaban J connectivity index is 1.67. The third kappa shape index (κ3) is 3.32. The third-order valence-electron chi connectivity index (χ3n) is 2.28. The summed E-state index contributed by atoms with van der Waals surface area (Å²) < 4.78 is 15.6. The van der Waals surface area contributed by atoms with Crippen LogP contribution in [0.5, 0.6) is 0 Å². The number of cyclic esters (lactones) is 1. The number of esters is 1. The van der Waals surface area contributed by atoms with E-state index in [0.717, 1.165) is 5.56 Å². The molecule has 1 atom stereocenters. The van der Waals surface area contributed by atoms with Crippen LogP contribution in [0.2, 0.25) is 0 Å². The van der Waals surface area contributed by atoms with Crippen LogP contribution in [0.3, 0.4) is 0 Å². The molecule has 1 aromatic rings. The second kappa shape index (κ2) is 5.63. The Hall–Kier alpha value is -1.39. The molecule has 0 aliphatic carbocycles. The van der Waals surface area contributed by atoms with Crippen molar-refractivity contribution in [3.63, 3.8) is 0 Å². The van der Waals surface area contributed by atoms with Crippen LogP contribution >= 0.6 is 0 Å². The summed E-state index contributed by atoms with van der Waals surface area (Å²) in [5.74, 6) is -0.306. The smallest absolute Gasteiger partial charge is 0.332 e. The van der Waals surface area contributed by atoms with Gasteiger partial charge in [-0.25, -0.2) is 4.79 Å². The lowest BCUT2D eigenvalue weighted by Gasteiger charge is -2.22. The Morgan fingerprint density at radius 1 is 1.31 bits per heavy atom. The predicted molar refractivity (Wildman–Crippen MR) is 56.8 cm³/mol. The van der Waals surface area contributed by atoms with E-state index >= 15 is 0 Å². The molecule has 0 bridgehead atoms. The zero-order chi connectivity index (χ0) is 11.2. The first-order valence-corrected chi connectivity index (χ1v) is 5.23. The largest absolute Gasteiger partial charge is 0.461 e. The van der Waals surface area contributed by atoms with Gasteiger partial charge in [-0.15, -0.1) is 0 Å². The molecule has 0 spiro atoms. The number of carbonyl (C=O) groups excluding carboxylic acids is 1. The molecule has 0 N–H and O–H groups in total. The summed E-state index contributed by atoms with van der Waals surface area (Å²) in [6, 6.07) is 9.91. The molecule has 0 amide bonds. The minimum absolute atomic E-state index is 0.0271. The molecule has 86 valence electrons. The van der Waals surface area contributed by atoms with Gasteiger partial charge in [-0.2, -0.15) is 0 Å². The van der Waals surface area contributed by atoms with Gasteiger partial charge >= 0.3 is 5.97 Å². The number of hydrogen-bond donors (Lipinski definition) is 0. The van der Waals surface area contributed by atoms with Gasteiger partial charge in [0, 0.05) is 0 Å². The number of carbonyl (C=O) groups is 1. The summed E-state index contributed by atoms with van der Waals surface area (Å²) in [5, 5.41) is 0. The molecular formula is C12H14O4. The van der Waals surface area contributed by atoms with Gasteiger partial charge in [-0.1, -0.05) is 30.3 Å². The maximum atomic E-state index is 10.7. The first kappa shape index (κ1) is 11.1. The fourth-order valence-corrected chi connectivity index (χ4v) is 1.44. The van der Waals surface area contributed by atoms with Crippen molar-refractivity contribution in [3.8, 4) is 0 Å². The van der Waals surface area contributed by atoms with E-state index in [-0.39, 0.29) is 25.3 Å². The van der Waals surface area contributed by atoms with Crippen molar-refractivity contribution in [3.05, 3.63) is 35.9 Å². The lowest BCUT2D eigenvalue weighted by atomic mass is 10.2. The topological polar surface area (TPSA) is 44.8 Å². The molecule has 1 aromatic carbocycles. The van der Waals surface area contributed by atoms with Crippen molar-refractivity contribution in [2.75, 3.05) is 19.8 Å². The molecule has 1 unspecified atom stereocenters. The zero-order valence-electron chi connectivity index (χ0n) is 8.93. The van der Waals surface area contributed by atoms with E-state index in [1.54, 1.807) is 0 Å². The molecule has 0 saturated carbocycles. The quantitative estimate of drug-likeness (QED) is 0.717. The van der Waals surface area contributed by atoms with Crippen LogP contribution < -0.4 is 0 Å². The summed E-state index contributed by atoms with van der Waals surface area (Å²) in [7, 11) is 0. The van der Waals surface area contributed by atoms with Gasteiger partial charge in [0.15, 0.2) is 0 Å². The highest BCUT2D eigenvalue weighted by Crippen LogP contribution is 2.05. The first-order chi connectivity index (χ1) is 7.84. The van der Waals surface area contributed by atoms with Gasteiger partial charge in [-0.3, -0.25) is 0 Å². The van der Waals surface area contributed by atoms with Crippen molar-refractivity contribution < 1.29 is 19.0 Å². The Bertz CT molecular complexity index is 326. The second-order valence-electron chi connectivity index (χ2n) is 3.62. The molecule has 1 fully saturated rings. The summed E-state index contributed by atoms with van der Waals surface area (Å²) in [4.78, 5) is 10.7. The molecule has 1 saturated heterocycles. The second-order valence-corrected chi connectivity index (χ2v) is 3.62. The van der Waals surface area contributed by atoms with Crippen LogP contribution in [0.25, 0.3) is 0 Å². The van der Waals surface area contributed by atoms with Crippen molar-refractivity contribution in [1.82, 2.24) is 0 Å². The fourth-order valence-electron chi connectivity index (χ4n) is 1.44. The average Bonchev–Trinajstić information content (AvgIpc) is 2.33. The van der Waals surface area contributed by atoms with E-state index in [1.165, 1.54) is 0 Å². The molecule has 1 aliphatic rings. The van der Waals surface area contributed by atoms with Crippen molar-refractivity contribution >= 4 is 5.97 Å². The minimum Gasteiger partial charge on any atom is -0.461 e. The average molecular weight is 222 g/mol. The fraction of sp³-hybridized carbons (Fsp3) is 0.417. The van der Waals surface area contributed by atoms with Crippen molar-refractivity contribution in [2.24, 2.45) is 0 Å². The first-order valence-electron chi connectivity index (χ1n) is 5.23. The summed E-state index contributed by atoms with van der Waals surface area (Å²) in [5.41, 5.74) is 1.12. The van der Waals surface area contributed by atoms with Crippen molar-refractivity contribution in [2.45, 2.75) is 12.7 Å². The van der Waals surface area contributed by atoms with Crippen LogP contribution in [0.1, 0.15) is 5.56 Å². The predicted octanol–water partition coefficient (Wildman–Crippen LogP) is 1.15. The van der Waals surface area contributed by atoms with Crippen molar-refractivity contribution in [1.29, 1.82) is 0 Å². The summed E-state index contributed by atoms with van der Waals surface area (Å²) in [6.45, 7) is 1.31. The van der Waals surface area contributed by atoms with E-state index in [0.29, 0.717) is 13.2 Å². The maximum Gasteiger partial charge on any atom is 0.332 e. The van der Waals surface area contributed by atoms with Gasteiger partial charge in [0.25, 0.3) is 0 Å². The standard InChI is InChI=1S/C12H14O4/c13-12-9-15-11(8-16-12)7-14-6-10-4-2-1-3-5-10/h1-5,11H,6-9H2. The molecule has 0 aromatic heterocycles. The SMILES string of the molecule is O=C1COC(COCc2ccccc2)CO1. The summed E-state index contributed by atoms with van der Waals surface area (Å²) in [6.07, 6.45) is -0.138. The summed E-state index contributed by atoms with van der Waals surface area (Å²) >= 11 is 0. The normalized spacial score (nSPS) is 20.5. The molecule has 4 nitrogen and oxygen atoms in total. The molecule has 0 radical (unpaired) electrons. The van der Waals surface area contributed by atoms with Gasteiger partial charge in [-0.05, 0) is 5.56 Å². The van der Waals surface area contributed by atoms with Gasteiger partial charge in [0.2, 0.25) is 0 Å². The Morgan fingerprint density at radius 2 is 2.12 bits per heavy atom. The van der Waals surface area contributed by atoms with Crippen LogP contribution in [-0.4, -0.2) is 31.9 Å². The molecule has 4 heteroatoms. The van der Waals surface area contributed by atoms with E-state index in [2.05, 4.69) is 0 Å². The van der Waals surface area contributed by atoms with Crippen LogP contribution in [-0.2, 0) is 25.6 Å². The van der Waals surface area contributed by atoms with Gasteiger partial charge in [0.05, 0.1) is 13.2 Å². The van der Waals surface area contributed by atoms with Gasteiger partial charge in [0.1, 0.15) is 19.3 Å². The van der Waals surface area contributed by atoms with Gasteiger partial charge < -0.3 is 14.2 Å². The van der Waals surface area contributed by atoms with Crippen LogP contribution in [0.4, 0.5) is 0 Å². The highest BCUT2D eigenvalue weighted by atomic mass is 16.6. The van der Waals surface area contributed by atoms with E-state index in [9.17, 15) is 4.79 Å². The Kier molecular flexibility index (Phi) is 3.91. The molecule has 1 heterocycles. The molecule has 1 aliphatic heterocycles. The van der Waals surface area contributed by atoms with E-state index in [4.69, 9.17) is 14.2 Å². The maximum absolute atomic E-state index is 10.7. The minimum atomic E-state index is -0.306. The Morgan fingerprint density at radius 3 is 2.81 bits per heavy atom. The lowest BCUT2D eigenvalue weighted by molar-refractivity contribution is -0.172. The molecule has 16 heavy (non-hydrogen) atoms. The van der Waals surface area contributed by atoms with Crippen LogP contribution in [0, 0.1) is 0 Å². The number of hydrogen-bond acceptors (Lipinski definition) is 4.